The summed E-state index contributed by atoms with van der Waals surface area (Å²) in [6.45, 7) is 6.13. The first-order chi connectivity index (χ1) is 13.0. The molecule has 3 rings (SSSR count). The van der Waals surface area contributed by atoms with Crippen molar-refractivity contribution in [2.45, 2.75) is 25.0 Å². The van der Waals surface area contributed by atoms with Gasteiger partial charge in [-0.15, -0.1) is 17.9 Å². The Morgan fingerprint density at radius 1 is 1.41 bits per heavy atom. The van der Waals surface area contributed by atoms with E-state index in [1.165, 1.54) is 23.1 Å². The minimum atomic E-state index is -0.151. The zero-order valence-corrected chi connectivity index (χ0v) is 17.9. The first-order valence-electron chi connectivity index (χ1n) is 8.34. The number of nitrogens with one attached hydrogen (secondary N) is 1. The number of carbonyl (C=O) groups excluding carboxylic acids is 1. The lowest BCUT2D eigenvalue weighted by molar-refractivity contribution is -0.113. The molecule has 0 bridgehead atoms. The van der Waals surface area contributed by atoms with Crippen molar-refractivity contribution < 1.29 is 4.79 Å². The Kier molecular flexibility index (Phi) is 6.51. The van der Waals surface area contributed by atoms with Gasteiger partial charge in [0.1, 0.15) is 4.83 Å². The molecule has 0 fully saturated rings. The second-order valence-corrected chi connectivity index (χ2v) is 8.70. The molecule has 1 amide bonds. The van der Waals surface area contributed by atoms with Gasteiger partial charge in [-0.25, -0.2) is 4.98 Å². The van der Waals surface area contributed by atoms with Crippen molar-refractivity contribution in [3.8, 4) is 0 Å². The lowest BCUT2D eigenvalue weighted by atomic mass is 10.3. The highest BCUT2D eigenvalue weighted by atomic mass is 79.9. The van der Waals surface area contributed by atoms with Crippen LogP contribution < -0.4 is 10.9 Å². The van der Waals surface area contributed by atoms with Crippen molar-refractivity contribution in [2.24, 2.45) is 0 Å². The largest absolute Gasteiger partial charge is 0.325 e. The average molecular weight is 464 g/mol. The maximum Gasteiger partial charge on any atom is 0.263 e. The van der Waals surface area contributed by atoms with Crippen LogP contribution in [0.5, 0.6) is 0 Å². The number of aromatic nitrogens is 2. The minimum absolute atomic E-state index is 0.0910. The lowest BCUT2D eigenvalue weighted by Crippen LogP contribution is -2.23. The number of thioether (sulfide) groups is 1. The Morgan fingerprint density at radius 2 is 2.15 bits per heavy atom. The smallest absolute Gasteiger partial charge is 0.263 e. The van der Waals surface area contributed by atoms with Crippen molar-refractivity contribution in [2.75, 3.05) is 11.1 Å². The topological polar surface area (TPSA) is 64.0 Å². The fraction of sp³-hybridized carbons (Fsp3) is 0.211. The number of amides is 1. The molecule has 1 N–H and O–H groups in total. The molecule has 0 aliphatic heterocycles. The molecule has 1 aromatic carbocycles. The van der Waals surface area contributed by atoms with Gasteiger partial charge >= 0.3 is 0 Å². The van der Waals surface area contributed by atoms with Gasteiger partial charge in [0, 0.05) is 21.6 Å². The normalized spacial score (nSPS) is 10.9. The number of benzene rings is 1. The Bertz CT molecular complexity index is 1040. The number of carbonyl (C=O) groups is 1. The van der Waals surface area contributed by atoms with Crippen molar-refractivity contribution >= 4 is 60.8 Å². The Hall–Kier alpha value is -1.90. The van der Waals surface area contributed by atoms with Crippen LogP contribution in [-0.4, -0.2) is 21.2 Å². The molecule has 8 heteroatoms. The van der Waals surface area contributed by atoms with Gasteiger partial charge in [-0.2, -0.15) is 0 Å². The number of fused-ring (bicyclic) bond motifs is 1. The van der Waals surface area contributed by atoms with Crippen LogP contribution >= 0.6 is 39.0 Å². The summed E-state index contributed by atoms with van der Waals surface area (Å²) in [5, 5.41) is 4.00. The first kappa shape index (κ1) is 19.9. The van der Waals surface area contributed by atoms with E-state index in [0.717, 1.165) is 21.5 Å². The molecule has 0 unspecified atom stereocenters. The summed E-state index contributed by atoms with van der Waals surface area (Å²) in [5.41, 5.74) is 0.633. The van der Waals surface area contributed by atoms with Gasteiger partial charge in [0.2, 0.25) is 5.91 Å². The van der Waals surface area contributed by atoms with Crippen molar-refractivity contribution in [1.82, 2.24) is 9.55 Å². The van der Waals surface area contributed by atoms with E-state index < -0.39 is 0 Å². The number of allylic oxidation sites excluding steroid dienone is 1. The monoisotopic (exact) mass is 463 g/mol. The molecule has 2 aromatic heterocycles. The van der Waals surface area contributed by atoms with Crippen LogP contribution in [0.4, 0.5) is 5.69 Å². The van der Waals surface area contributed by atoms with E-state index in [4.69, 9.17) is 0 Å². The van der Waals surface area contributed by atoms with Crippen LogP contribution in [0.3, 0.4) is 0 Å². The summed E-state index contributed by atoms with van der Waals surface area (Å²) in [6.07, 6.45) is 2.52. The predicted molar refractivity (Wildman–Crippen MR) is 117 cm³/mol. The van der Waals surface area contributed by atoms with Crippen LogP contribution in [-0.2, 0) is 17.8 Å². The van der Waals surface area contributed by atoms with E-state index in [1.807, 2.05) is 30.3 Å². The molecule has 27 heavy (non-hydrogen) atoms. The highest BCUT2D eigenvalue weighted by molar-refractivity contribution is 9.10. The zero-order valence-electron chi connectivity index (χ0n) is 14.7. The summed E-state index contributed by atoms with van der Waals surface area (Å²) < 4.78 is 2.52. The average Bonchev–Trinajstić information content (AvgIpc) is 3.08. The molecular weight excluding hydrogens is 446 g/mol. The van der Waals surface area contributed by atoms with Gasteiger partial charge in [-0.05, 0) is 36.8 Å². The molecule has 0 radical (unpaired) electrons. The van der Waals surface area contributed by atoms with Gasteiger partial charge in [0.25, 0.3) is 5.56 Å². The van der Waals surface area contributed by atoms with E-state index in [-0.39, 0.29) is 17.2 Å². The van der Waals surface area contributed by atoms with Crippen LogP contribution in [0, 0.1) is 0 Å². The van der Waals surface area contributed by atoms with Crippen LogP contribution in [0.15, 0.2) is 57.4 Å². The fourth-order valence-electron chi connectivity index (χ4n) is 2.48. The molecule has 0 spiro atoms. The summed E-state index contributed by atoms with van der Waals surface area (Å²) in [5.74, 6) is 0.0132. The van der Waals surface area contributed by atoms with E-state index in [2.05, 4.69) is 39.7 Å². The first-order valence-corrected chi connectivity index (χ1v) is 10.9. The van der Waals surface area contributed by atoms with Gasteiger partial charge < -0.3 is 5.32 Å². The number of nitrogens with zero attached hydrogens (tertiary/aromatic N) is 2. The van der Waals surface area contributed by atoms with Crippen molar-refractivity contribution in [3.63, 3.8) is 0 Å². The predicted octanol–water partition coefficient (Wildman–Crippen LogP) is 4.70. The Morgan fingerprint density at radius 3 is 2.81 bits per heavy atom. The third kappa shape index (κ3) is 4.69. The number of aryl methyl sites for hydroxylation is 1. The van der Waals surface area contributed by atoms with Gasteiger partial charge in [-0.3, -0.25) is 14.2 Å². The molecule has 0 atom stereocenters. The third-order valence-corrected chi connectivity index (χ3v) is 6.47. The molecule has 140 valence electrons. The molecule has 0 saturated heterocycles. The number of rotatable bonds is 7. The lowest BCUT2D eigenvalue weighted by Gasteiger charge is -2.10. The zero-order chi connectivity index (χ0) is 19.4. The van der Waals surface area contributed by atoms with Crippen molar-refractivity contribution in [1.29, 1.82) is 0 Å². The highest BCUT2D eigenvalue weighted by Gasteiger charge is 2.15. The summed E-state index contributed by atoms with van der Waals surface area (Å²) >= 11 is 6.14. The van der Waals surface area contributed by atoms with E-state index in [0.29, 0.717) is 21.9 Å². The van der Waals surface area contributed by atoms with Crippen LogP contribution in [0.25, 0.3) is 10.2 Å². The van der Waals surface area contributed by atoms with E-state index in [9.17, 15) is 9.59 Å². The number of thiophene rings is 1. The number of hydrogen-bond acceptors (Lipinski definition) is 5. The molecular formula is C19H18BrN3O2S2. The fourth-order valence-corrected chi connectivity index (χ4v) is 4.56. The summed E-state index contributed by atoms with van der Waals surface area (Å²) in [4.78, 5) is 31.5. The van der Waals surface area contributed by atoms with E-state index in [1.54, 1.807) is 10.6 Å². The van der Waals surface area contributed by atoms with Crippen LogP contribution in [0.1, 0.15) is 11.8 Å². The molecule has 0 saturated carbocycles. The number of halogens is 1. The van der Waals surface area contributed by atoms with Gasteiger partial charge in [0.15, 0.2) is 5.16 Å². The standard InChI is InChI=1S/C19H18BrN3O2S2/c1-3-9-23-18(25)15-10-14(4-2)27-17(15)22-19(23)26-11-16(24)21-13-7-5-12(20)6-8-13/h3,5-8,10H,1,4,9,11H2,2H3,(H,21,24). The van der Waals surface area contributed by atoms with Gasteiger partial charge in [0.05, 0.1) is 11.1 Å². The molecule has 0 aliphatic rings. The number of hydrogen-bond donors (Lipinski definition) is 1. The summed E-state index contributed by atoms with van der Waals surface area (Å²) in [7, 11) is 0. The third-order valence-electron chi connectivity index (χ3n) is 3.79. The maximum absolute atomic E-state index is 12.8. The highest BCUT2D eigenvalue weighted by Crippen LogP contribution is 2.25. The Balaban J connectivity index is 1.81. The molecule has 0 aliphatic carbocycles. The molecule has 2 heterocycles. The molecule has 5 nitrogen and oxygen atoms in total. The quantitative estimate of drug-likeness (QED) is 0.313. The van der Waals surface area contributed by atoms with Crippen molar-refractivity contribution in [3.05, 3.63) is 62.7 Å². The second-order valence-electron chi connectivity index (χ2n) is 5.73. The summed E-state index contributed by atoms with van der Waals surface area (Å²) in [6, 6.07) is 9.28. The minimum Gasteiger partial charge on any atom is -0.325 e. The van der Waals surface area contributed by atoms with Gasteiger partial charge in [-0.1, -0.05) is 40.7 Å². The van der Waals surface area contributed by atoms with E-state index >= 15 is 0 Å². The second kappa shape index (κ2) is 8.86. The Labute approximate surface area is 173 Å². The van der Waals surface area contributed by atoms with Crippen LogP contribution in [0.2, 0.25) is 0 Å². The maximum atomic E-state index is 12.8. The SMILES string of the molecule is C=CCn1c(SCC(=O)Nc2ccc(Br)cc2)nc2sc(CC)cc2c1=O. The number of anilines is 1. The molecule has 3 aromatic rings.